The maximum absolute atomic E-state index is 5.95. The van der Waals surface area contributed by atoms with Gasteiger partial charge in [-0.15, -0.1) is 0 Å². The van der Waals surface area contributed by atoms with Gasteiger partial charge in [-0.05, 0) is 24.1 Å². The van der Waals surface area contributed by atoms with Crippen molar-refractivity contribution in [1.82, 2.24) is 5.32 Å². The molecule has 15 heavy (non-hydrogen) atoms. The highest BCUT2D eigenvalue weighted by Crippen LogP contribution is 2.26. The zero-order valence-electron chi connectivity index (χ0n) is 9.09. The van der Waals surface area contributed by atoms with Crippen LogP contribution in [0.2, 0.25) is 5.02 Å². The van der Waals surface area contributed by atoms with E-state index in [4.69, 9.17) is 16.3 Å². The summed E-state index contributed by atoms with van der Waals surface area (Å²) in [6, 6.07) is 5.80. The average molecular weight is 226 g/mol. The van der Waals surface area contributed by atoms with E-state index in [0.29, 0.717) is 5.92 Å². The lowest BCUT2D eigenvalue weighted by molar-refractivity contribution is 0.156. The lowest BCUT2D eigenvalue weighted by Gasteiger charge is -2.20. The van der Waals surface area contributed by atoms with Crippen molar-refractivity contribution in [2.45, 2.75) is 26.5 Å². The molecular weight excluding hydrogens is 210 g/mol. The van der Waals surface area contributed by atoms with Gasteiger partial charge in [0.15, 0.2) is 0 Å². The first-order valence-electron chi connectivity index (χ1n) is 5.32. The number of ether oxygens (including phenoxy) is 1. The van der Waals surface area contributed by atoms with E-state index in [1.54, 1.807) is 0 Å². The molecule has 0 radical (unpaired) electrons. The number of nitrogens with one attached hydrogen (secondary N) is 1. The van der Waals surface area contributed by atoms with Crippen molar-refractivity contribution in [2.75, 3.05) is 6.54 Å². The van der Waals surface area contributed by atoms with Crippen LogP contribution in [0.5, 0.6) is 5.75 Å². The van der Waals surface area contributed by atoms with E-state index in [9.17, 15) is 0 Å². The summed E-state index contributed by atoms with van der Waals surface area (Å²) in [6.45, 7) is 6.07. The fourth-order valence-electron chi connectivity index (χ4n) is 1.73. The highest BCUT2D eigenvalue weighted by Gasteiger charge is 2.19. The average Bonchev–Trinajstić information content (AvgIpc) is 2.39. The first-order valence-corrected chi connectivity index (χ1v) is 5.70. The topological polar surface area (TPSA) is 21.3 Å². The minimum absolute atomic E-state index is 0.243. The number of fused-ring (bicyclic) bond motifs is 1. The van der Waals surface area contributed by atoms with Gasteiger partial charge in [0.05, 0.1) is 0 Å². The number of rotatable bonds is 1. The summed E-state index contributed by atoms with van der Waals surface area (Å²) in [4.78, 5) is 0. The maximum atomic E-state index is 5.95. The molecule has 1 aromatic rings. The summed E-state index contributed by atoms with van der Waals surface area (Å²) in [7, 11) is 0. The minimum Gasteiger partial charge on any atom is -0.489 e. The Kier molecular flexibility index (Phi) is 3.17. The molecule has 0 saturated carbocycles. The van der Waals surface area contributed by atoms with Gasteiger partial charge in [0, 0.05) is 23.7 Å². The standard InChI is InChI=1S/C12H16ClNO/c1-8(2)12-7-14-6-9-5-10(13)3-4-11(9)15-12/h3-5,8,12,14H,6-7H2,1-2H3. The highest BCUT2D eigenvalue weighted by atomic mass is 35.5. The van der Waals surface area contributed by atoms with Crippen LogP contribution in [-0.2, 0) is 6.54 Å². The van der Waals surface area contributed by atoms with Crippen molar-refractivity contribution in [1.29, 1.82) is 0 Å². The Morgan fingerprint density at radius 1 is 1.47 bits per heavy atom. The largest absolute Gasteiger partial charge is 0.489 e. The van der Waals surface area contributed by atoms with Gasteiger partial charge < -0.3 is 10.1 Å². The summed E-state index contributed by atoms with van der Waals surface area (Å²) in [5, 5.41) is 4.14. The zero-order valence-corrected chi connectivity index (χ0v) is 9.84. The zero-order chi connectivity index (χ0) is 10.8. The minimum atomic E-state index is 0.243. The van der Waals surface area contributed by atoms with Crippen LogP contribution in [0, 0.1) is 5.92 Å². The fourth-order valence-corrected chi connectivity index (χ4v) is 1.92. The SMILES string of the molecule is CC(C)C1CNCc2cc(Cl)ccc2O1. The predicted octanol–water partition coefficient (Wildman–Crippen LogP) is 2.85. The van der Waals surface area contributed by atoms with Crippen LogP contribution in [0.4, 0.5) is 0 Å². The van der Waals surface area contributed by atoms with Crippen LogP contribution >= 0.6 is 11.6 Å². The number of hydrogen-bond donors (Lipinski definition) is 1. The van der Waals surface area contributed by atoms with Gasteiger partial charge in [-0.1, -0.05) is 25.4 Å². The molecule has 1 aromatic carbocycles. The van der Waals surface area contributed by atoms with E-state index >= 15 is 0 Å². The molecule has 1 unspecified atom stereocenters. The van der Waals surface area contributed by atoms with Crippen molar-refractivity contribution >= 4 is 11.6 Å². The van der Waals surface area contributed by atoms with Crippen LogP contribution in [0.1, 0.15) is 19.4 Å². The first-order chi connectivity index (χ1) is 7.16. The van der Waals surface area contributed by atoms with Gasteiger partial charge in [0.1, 0.15) is 11.9 Å². The monoisotopic (exact) mass is 225 g/mol. The normalized spacial score (nSPS) is 20.7. The van der Waals surface area contributed by atoms with Gasteiger partial charge >= 0.3 is 0 Å². The van der Waals surface area contributed by atoms with Crippen LogP contribution in [0.15, 0.2) is 18.2 Å². The Balaban J connectivity index is 2.26. The summed E-state index contributed by atoms with van der Waals surface area (Å²) in [5.74, 6) is 1.47. The van der Waals surface area contributed by atoms with Crippen molar-refractivity contribution in [2.24, 2.45) is 5.92 Å². The van der Waals surface area contributed by atoms with Gasteiger partial charge in [-0.25, -0.2) is 0 Å². The Bertz CT molecular complexity index is 351. The van der Waals surface area contributed by atoms with Crippen molar-refractivity contribution in [3.05, 3.63) is 28.8 Å². The highest BCUT2D eigenvalue weighted by molar-refractivity contribution is 6.30. The Labute approximate surface area is 95.6 Å². The summed E-state index contributed by atoms with van der Waals surface area (Å²) >= 11 is 5.95. The third-order valence-electron chi connectivity index (χ3n) is 2.71. The Morgan fingerprint density at radius 3 is 3.00 bits per heavy atom. The number of halogens is 1. The molecular formula is C12H16ClNO. The molecule has 1 N–H and O–H groups in total. The summed E-state index contributed by atoms with van der Waals surface area (Å²) in [6.07, 6.45) is 0.243. The molecule has 1 heterocycles. The van der Waals surface area contributed by atoms with Crippen molar-refractivity contribution in [3.8, 4) is 5.75 Å². The molecule has 1 atom stereocenters. The number of hydrogen-bond acceptors (Lipinski definition) is 2. The van der Waals surface area contributed by atoms with E-state index in [1.807, 2.05) is 18.2 Å². The molecule has 1 aliphatic rings. The number of benzene rings is 1. The Morgan fingerprint density at radius 2 is 2.27 bits per heavy atom. The lowest BCUT2D eigenvalue weighted by atomic mass is 10.1. The molecule has 0 bridgehead atoms. The van der Waals surface area contributed by atoms with E-state index in [1.165, 1.54) is 0 Å². The summed E-state index contributed by atoms with van der Waals surface area (Å²) in [5.41, 5.74) is 1.14. The molecule has 0 aromatic heterocycles. The molecule has 1 aliphatic heterocycles. The van der Waals surface area contributed by atoms with E-state index in [0.717, 1.165) is 29.4 Å². The second-order valence-corrected chi connectivity index (χ2v) is 4.72. The molecule has 0 saturated heterocycles. The quantitative estimate of drug-likeness (QED) is 0.794. The second-order valence-electron chi connectivity index (χ2n) is 4.28. The van der Waals surface area contributed by atoms with Crippen molar-refractivity contribution < 1.29 is 4.74 Å². The molecule has 0 amide bonds. The molecule has 0 fully saturated rings. The van der Waals surface area contributed by atoms with Crippen molar-refractivity contribution in [3.63, 3.8) is 0 Å². The van der Waals surface area contributed by atoms with Crippen LogP contribution in [0.3, 0.4) is 0 Å². The smallest absolute Gasteiger partial charge is 0.124 e. The molecule has 3 heteroatoms. The summed E-state index contributed by atoms with van der Waals surface area (Å²) < 4.78 is 5.95. The van der Waals surface area contributed by atoms with Gasteiger partial charge in [0.25, 0.3) is 0 Å². The molecule has 0 aliphatic carbocycles. The van der Waals surface area contributed by atoms with Crippen LogP contribution < -0.4 is 10.1 Å². The van der Waals surface area contributed by atoms with E-state index in [2.05, 4.69) is 19.2 Å². The van der Waals surface area contributed by atoms with Crippen LogP contribution in [0.25, 0.3) is 0 Å². The third-order valence-corrected chi connectivity index (χ3v) is 2.94. The van der Waals surface area contributed by atoms with E-state index in [-0.39, 0.29) is 6.10 Å². The predicted molar refractivity (Wildman–Crippen MR) is 62.4 cm³/mol. The van der Waals surface area contributed by atoms with E-state index < -0.39 is 0 Å². The second kappa shape index (κ2) is 4.42. The third kappa shape index (κ3) is 2.44. The molecule has 82 valence electrons. The lowest BCUT2D eigenvalue weighted by Crippen LogP contribution is -2.32. The Hall–Kier alpha value is -0.730. The van der Waals surface area contributed by atoms with Gasteiger partial charge in [-0.2, -0.15) is 0 Å². The molecule has 0 spiro atoms. The fraction of sp³-hybridized carbons (Fsp3) is 0.500. The van der Waals surface area contributed by atoms with Gasteiger partial charge in [-0.3, -0.25) is 0 Å². The molecule has 2 nitrogen and oxygen atoms in total. The maximum Gasteiger partial charge on any atom is 0.124 e. The molecule has 2 rings (SSSR count). The first kappa shape index (κ1) is 10.8. The van der Waals surface area contributed by atoms with Gasteiger partial charge in [0.2, 0.25) is 0 Å². The van der Waals surface area contributed by atoms with Crippen LogP contribution in [-0.4, -0.2) is 12.6 Å².